The number of anilines is 1. The number of para-hydroxylation sites is 1. The Hall–Kier alpha value is -2.08. The van der Waals surface area contributed by atoms with Gasteiger partial charge in [0.2, 0.25) is 5.91 Å². The highest BCUT2D eigenvalue weighted by Crippen LogP contribution is 2.28. The fourth-order valence-electron chi connectivity index (χ4n) is 2.61. The summed E-state index contributed by atoms with van der Waals surface area (Å²) in [5, 5.41) is 8.96. The number of fused-ring (bicyclic) bond motifs is 1. The molecular formula is C16H18N4OS. The van der Waals surface area contributed by atoms with E-state index in [4.69, 9.17) is 0 Å². The summed E-state index contributed by atoms with van der Waals surface area (Å²) in [5.41, 5.74) is 2.28. The second-order valence-corrected chi connectivity index (χ2v) is 6.08. The molecule has 0 radical (unpaired) electrons. The molecule has 2 heterocycles. The van der Waals surface area contributed by atoms with Gasteiger partial charge in [-0.2, -0.15) is 0 Å². The van der Waals surface area contributed by atoms with E-state index in [9.17, 15) is 4.79 Å². The van der Waals surface area contributed by atoms with Gasteiger partial charge in [-0.15, -0.1) is 16.8 Å². The number of hydrogen-bond donors (Lipinski definition) is 0. The zero-order chi connectivity index (χ0) is 15.5. The molecule has 22 heavy (non-hydrogen) atoms. The lowest BCUT2D eigenvalue weighted by Crippen LogP contribution is -2.30. The van der Waals surface area contributed by atoms with Gasteiger partial charge in [0, 0.05) is 18.8 Å². The summed E-state index contributed by atoms with van der Waals surface area (Å²) in [5.74, 6) is 1.31. The number of carbonyl (C=O) groups is 1. The molecule has 3 rings (SSSR count). The number of aromatic nitrogens is 3. The topological polar surface area (TPSA) is 51.0 Å². The summed E-state index contributed by atoms with van der Waals surface area (Å²) >= 11 is 1.43. The number of benzene rings is 1. The van der Waals surface area contributed by atoms with Crippen molar-refractivity contribution in [3.63, 3.8) is 0 Å². The highest BCUT2D eigenvalue weighted by Gasteiger charge is 2.24. The molecule has 0 fully saturated rings. The maximum atomic E-state index is 12.5. The molecule has 1 aliphatic heterocycles. The largest absolute Gasteiger partial charge is 0.311 e. The average molecular weight is 314 g/mol. The Morgan fingerprint density at radius 2 is 2.23 bits per heavy atom. The molecular weight excluding hydrogens is 296 g/mol. The van der Waals surface area contributed by atoms with Crippen LogP contribution in [-0.4, -0.2) is 33.0 Å². The average Bonchev–Trinajstić information content (AvgIpc) is 3.10. The van der Waals surface area contributed by atoms with Gasteiger partial charge in [0.05, 0.1) is 5.75 Å². The quantitative estimate of drug-likeness (QED) is 0.628. The molecule has 2 aromatic rings. The second-order valence-electron chi connectivity index (χ2n) is 5.14. The van der Waals surface area contributed by atoms with Crippen LogP contribution in [0.1, 0.15) is 11.4 Å². The van der Waals surface area contributed by atoms with E-state index < -0.39 is 0 Å². The van der Waals surface area contributed by atoms with E-state index in [0.29, 0.717) is 12.3 Å². The van der Waals surface area contributed by atoms with Crippen LogP contribution >= 0.6 is 11.8 Å². The molecule has 0 unspecified atom stereocenters. The Kier molecular flexibility index (Phi) is 4.29. The van der Waals surface area contributed by atoms with Crippen LogP contribution in [0.25, 0.3) is 0 Å². The van der Waals surface area contributed by atoms with Gasteiger partial charge < -0.3 is 9.47 Å². The number of rotatable bonds is 5. The second kappa shape index (κ2) is 6.36. The Morgan fingerprint density at radius 3 is 3.05 bits per heavy atom. The van der Waals surface area contributed by atoms with E-state index in [0.717, 1.165) is 29.6 Å². The Morgan fingerprint density at radius 1 is 1.41 bits per heavy atom. The van der Waals surface area contributed by atoms with Crippen LogP contribution in [0.3, 0.4) is 0 Å². The Bertz CT molecular complexity index is 710. The summed E-state index contributed by atoms with van der Waals surface area (Å²) in [4.78, 5) is 14.3. The molecule has 0 aliphatic carbocycles. The van der Waals surface area contributed by atoms with Crippen molar-refractivity contribution in [3.05, 3.63) is 48.3 Å². The summed E-state index contributed by atoms with van der Waals surface area (Å²) in [7, 11) is 0. The fourth-order valence-corrected chi connectivity index (χ4v) is 3.48. The van der Waals surface area contributed by atoms with Gasteiger partial charge >= 0.3 is 0 Å². The zero-order valence-corrected chi connectivity index (χ0v) is 13.3. The number of aryl methyl sites for hydroxylation is 1. The lowest BCUT2D eigenvalue weighted by atomic mass is 10.2. The van der Waals surface area contributed by atoms with Crippen LogP contribution < -0.4 is 4.90 Å². The Labute approximate surface area is 134 Å². The van der Waals surface area contributed by atoms with Gasteiger partial charge in [-0.1, -0.05) is 36.0 Å². The van der Waals surface area contributed by atoms with Crippen LogP contribution in [0.4, 0.5) is 5.69 Å². The number of carbonyl (C=O) groups excluding carboxylic acids is 1. The minimum Gasteiger partial charge on any atom is -0.311 e. The predicted molar refractivity (Wildman–Crippen MR) is 88.2 cm³/mol. The first-order valence-electron chi connectivity index (χ1n) is 7.22. The molecule has 1 amide bonds. The molecule has 5 nitrogen and oxygen atoms in total. The summed E-state index contributed by atoms with van der Waals surface area (Å²) in [6.07, 6.45) is 2.73. The normalized spacial score (nSPS) is 13.2. The third-order valence-electron chi connectivity index (χ3n) is 3.73. The van der Waals surface area contributed by atoms with Gasteiger partial charge in [-0.25, -0.2) is 0 Å². The number of allylic oxidation sites excluding steroid dienone is 1. The third kappa shape index (κ3) is 2.78. The summed E-state index contributed by atoms with van der Waals surface area (Å²) < 4.78 is 1.96. The van der Waals surface area contributed by atoms with Crippen molar-refractivity contribution in [3.8, 4) is 0 Å². The maximum Gasteiger partial charge on any atom is 0.237 e. The third-order valence-corrected chi connectivity index (χ3v) is 4.68. The van der Waals surface area contributed by atoms with Crippen LogP contribution in [0.5, 0.6) is 0 Å². The van der Waals surface area contributed by atoms with E-state index in [1.807, 2.05) is 34.6 Å². The molecule has 114 valence electrons. The van der Waals surface area contributed by atoms with Crippen LogP contribution in [0.2, 0.25) is 0 Å². The minimum absolute atomic E-state index is 0.112. The SMILES string of the molecule is C=CCn1c(C)nnc1SCC(=O)N1CCc2ccccc21. The molecule has 0 N–H and O–H groups in total. The Balaban J connectivity index is 1.68. The van der Waals surface area contributed by atoms with Crippen molar-refractivity contribution in [1.82, 2.24) is 14.8 Å². The number of amides is 1. The molecule has 0 atom stereocenters. The van der Waals surface area contributed by atoms with Crippen molar-refractivity contribution in [1.29, 1.82) is 0 Å². The van der Waals surface area contributed by atoms with Crippen molar-refractivity contribution in [2.75, 3.05) is 17.2 Å². The molecule has 1 aliphatic rings. The van der Waals surface area contributed by atoms with Crippen molar-refractivity contribution in [2.45, 2.75) is 25.0 Å². The number of nitrogens with zero attached hydrogens (tertiary/aromatic N) is 4. The fraction of sp³-hybridized carbons (Fsp3) is 0.312. The van der Waals surface area contributed by atoms with E-state index in [2.05, 4.69) is 22.8 Å². The van der Waals surface area contributed by atoms with Gasteiger partial charge in [0.15, 0.2) is 5.16 Å². The van der Waals surface area contributed by atoms with Crippen molar-refractivity contribution >= 4 is 23.4 Å². The highest BCUT2D eigenvalue weighted by molar-refractivity contribution is 7.99. The smallest absolute Gasteiger partial charge is 0.237 e. The van der Waals surface area contributed by atoms with E-state index in [1.165, 1.54) is 17.3 Å². The van der Waals surface area contributed by atoms with Gasteiger partial charge in [0.25, 0.3) is 0 Å². The predicted octanol–water partition coefficient (Wildman–Crippen LogP) is 2.45. The molecule has 0 bridgehead atoms. The molecule has 0 saturated carbocycles. The van der Waals surface area contributed by atoms with Crippen molar-refractivity contribution in [2.24, 2.45) is 0 Å². The molecule has 6 heteroatoms. The van der Waals surface area contributed by atoms with E-state index >= 15 is 0 Å². The first-order chi connectivity index (χ1) is 10.7. The summed E-state index contributed by atoms with van der Waals surface area (Å²) in [6, 6.07) is 8.08. The first-order valence-corrected chi connectivity index (χ1v) is 8.21. The zero-order valence-electron chi connectivity index (χ0n) is 12.5. The first kappa shape index (κ1) is 14.8. The molecule has 0 spiro atoms. The number of thioether (sulfide) groups is 1. The van der Waals surface area contributed by atoms with Crippen LogP contribution in [0, 0.1) is 6.92 Å². The van der Waals surface area contributed by atoms with Gasteiger partial charge in [0.1, 0.15) is 5.82 Å². The maximum absolute atomic E-state index is 12.5. The lowest BCUT2D eigenvalue weighted by molar-refractivity contribution is -0.116. The monoisotopic (exact) mass is 314 g/mol. The van der Waals surface area contributed by atoms with E-state index in [1.54, 1.807) is 6.08 Å². The van der Waals surface area contributed by atoms with Gasteiger partial charge in [-0.3, -0.25) is 4.79 Å². The molecule has 1 aromatic carbocycles. The highest BCUT2D eigenvalue weighted by atomic mass is 32.2. The van der Waals surface area contributed by atoms with Crippen LogP contribution in [-0.2, 0) is 17.8 Å². The van der Waals surface area contributed by atoms with E-state index in [-0.39, 0.29) is 5.91 Å². The lowest BCUT2D eigenvalue weighted by Gasteiger charge is -2.16. The van der Waals surface area contributed by atoms with Crippen molar-refractivity contribution < 1.29 is 4.79 Å². The van der Waals surface area contributed by atoms with Gasteiger partial charge in [-0.05, 0) is 25.0 Å². The molecule has 0 saturated heterocycles. The molecule has 1 aromatic heterocycles. The minimum atomic E-state index is 0.112. The summed E-state index contributed by atoms with van der Waals surface area (Å²) in [6.45, 7) is 7.06. The standard InChI is InChI=1S/C16H18N4OS/c1-3-9-19-12(2)17-18-16(19)22-11-15(21)20-10-8-13-6-4-5-7-14(13)20/h3-7H,1,8-11H2,2H3. The number of hydrogen-bond acceptors (Lipinski definition) is 4. The van der Waals surface area contributed by atoms with Crippen LogP contribution in [0.15, 0.2) is 42.1 Å².